The van der Waals surface area contributed by atoms with Crippen molar-refractivity contribution in [2.45, 2.75) is 26.3 Å². The van der Waals surface area contributed by atoms with Gasteiger partial charge >= 0.3 is 5.97 Å². The lowest BCUT2D eigenvalue weighted by molar-refractivity contribution is -0.125. The average molecular weight is 419 g/mol. The van der Waals surface area contributed by atoms with Crippen molar-refractivity contribution in [3.05, 3.63) is 66.0 Å². The zero-order valence-electron chi connectivity index (χ0n) is 17.5. The van der Waals surface area contributed by atoms with E-state index >= 15 is 0 Å². The molecule has 1 N–H and O–H groups in total. The van der Waals surface area contributed by atoms with Crippen LogP contribution in [0.25, 0.3) is 22.2 Å². The van der Waals surface area contributed by atoms with Crippen molar-refractivity contribution in [2.24, 2.45) is 5.92 Å². The van der Waals surface area contributed by atoms with Gasteiger partial charge in [0.05, 0.1) is 22.8 Å². The number of benzene rings is 2. The van der Waals surface area contributed by atoms with E-state index in [4.69, 9.17) is 4.74 Å². The van der Waals surface area contributed by atoms with E-state index in [0.29, 0.717) is 22.2 Å². The minimum atomic E-state index is -1.07. The number of fused-ring (bicyclic) bond motifs is 1. The predicted molar refractivity (Wildman–Crippen MR) is 114 cm³/mol. The third-order valence-electron chi connectivity index (χ3n) is 5.20. The first-order valence-electron chi connectivity index (χ1n) is 9.78. The Kier molecular flexibility index (Phi) is 6.30. The van der Waals surface area contributed by atoms with E-state index in [1.807, 2.05) is 13.8 Å². The first-order valence-corrected chi connectivity index (χ1v) is 9.78. The topological polar surface area (TPSA) is 92.1 Å². The second kappa shape index (κ2) is 8.92. The van der Waals surface area contributed by atoms with Gasteiger partial charge in [-0.3, -0.25) is 4.79 Å². The summed E-state index contributed by atoms with van der Waals surface area (Å²) in [7, 11) is 0. The molecular weight excluding hydrogens is 397 g/mol. The number of hydrogen-bond acceptors (Lipinski definition) is 5. The number of carbonyl (C=O) groups is 2. The maximum absolute atomic E-state index is 13.3. The number of esters is 1. The molecule has 2 aromatic carbocycles. The van der Waals surface area contributed by atoms with E-state index < -0.39 is 24.0 Å². The third-order valence-corrected chi connectivity index (χ3v) is 5.20. The molecule has 0 fully saturated rings. The molecule has 3 rings (SSSR count). The Bertz CT molecular complexity index is 1170. The van der Waals surface area contributed by atoms with Crippen LogP contribution in [0.5, 0.6) is 0 Å². The average Bonchev–Trinajstić information content (AvgIpc) is 2.77. The summed E-state index contributed by atoms with van der Waals surface area (Å²) in [6.07, 6.45) is 0. The molecule has 0 radical (unpaired) electrons. The lowest BCUT2D eigenvalue weighted by atomic mass is 9.90. The van der Waals surface area contributed by atoms with Crippen LogP contribution in [0, 0.1) is 23.1 Å². The van der Waals surface area contributed by atoms with Gasteiger partial charge in [0.1, 0.15) is 11.4 Å². The molecule has 3 aromatic rings. The molecule has 0 saturated heterocycles. The molecular formula is C24H22FN3O3. The Balaban J connectivity index is 1.86. The lowest BCUT2D eigenvalue weighted by Gasteiger charge is -2.27. The fourth-order valence-corrected chi connectivity index (χ4v) is 2.95. The first kappa shape index (κ1) is 21.9. The van der Waals surface area contributed by atoms with Crippen molar-refractivity contribution in [3.8, 4) is 17.3 Å². The molecule has 0 saturated carbocycles. The summed E-state index contributed by atoms with van der Waals surface area (Å²) in [5, 5.41) is 12.5. The van der Waals surface area contributed by atoms with Gasteiger partial charge in [-0.05, 0) is 49.2 Å². The number of carbonyl (C=O) groups excluding carboxylic acids is 2. The summed E-state index contributed by atoms with van der Waals surface area (Å²) in [4.78, 5) is 29.6. The summed E-state index contributed by atoms with van der Waals surface area (Å²) in [6, 6.07) is 16.5. The Morgan fingerprint density at radius 3 is 2.52 bits per heavy atom. The SMILES string of the molecule is CC(C)[C@](C)(C#N)NC(=O)COC(=O)c1cc(-c2ccc(F)cc2)nc2ccccc12. The Morgan fingerprint density at radius 2 is 1.87 bits per heavy atom. The second-order valence-corrected chi connectivity index (χ2v) is 7.67. The number of pyridine rings is 1. The quantitative estimate of drug-likeness (QED) is 0.603. The minimum absolute atomic E-state index is 0.125. The molecule has 0 spiro atoms. The zero-order valence-corrected chi connectivity index (χ0v) is 17.5. The van der Waals surface area contributed by atoms with Gasteiger partial charge < -0.3 is 10.1 Å². The van der Waals surface area contributed by atoms with Crippen LogP contribution in [-0.4, -0.2) is 29.0 Å². The molecule has 1 amide bonds. The molecule has 1 aromatic heterocycles. The number of rotatable bonds is 6. The summed E-state index contributed by atoms with van der Waals surface area (Å²) < 4.78 is 18.5. The number of amides is 1. The number of nitriles is 1. The van der Waals surface area contributed by atoms with Crippen LogP contribution in [0.2, 0.25) is 0 Å². The van der Waals surface area contributed by atoms with E-state index in [9.17, 15) is 19.2 Å². The second-order valence-electron chi connectivity index (χ2n) is 7.67. The fraction of sp³-hybridized carbons (Fsp3) is 0.250. The molecule has 7 heteroatoms. The molecule has 158 valence electrons. The number of nitrogens with one attached hydrogen (secondary N) is 1. The molecule has 0 unspecified atom stereocenters. The van der Waals surface area contributed by atoms with Crippen LogP contribution in [0.15, 0.2) is 54.6 Å². The summed E-state index contributed by atoms with van der Waals surface area (Å²) in [6.45, 7) is 4.72. The highest BCUT2D eigenvalue weighted by molar-refractivity contribution is 6.05. The van der Waals surface area contributed by atoms with Crippen molar-refractivity contribution in [1.29, 1.82) is 5.26 Å². The third kappa shape index (κ3) is 4.86. The van der Waals surface area contributed by atoms with Crippen LogP contribution < -0.4 is 5.32 Å². The van der Waals surface area contributed by atoms with E-state index in [1.165, 1.54) is 12.1 Å². The molecule has 0 aliphatic rings. The highest BCUT2D eigenvalue weighted by Gasteiger charge is 2.30. The zero-order chi connectivity index (χ0) is 22.6. The smallest absolute Gasteiger partial charge is 0.339 e. The molecule has 1 heterocycles. The first-order chi connectivity index (χ1) is 14.7. The number of aromatic nitrogens is 1. The van der Waals surface area contributed by atoms with Crippen molar-refractivity contribution in [2.75, 3.05) is 6.61 Å². The summed E-state index contributed by atoms with van der Waals surface area (Å²) in [5.74, 6) is -1.76. The number of halogens is 1. The van der Waals surface area contributed by atoms with E-state index in [1.54, 1.807) is 49.4 Å². The maximum Gasteiger partial charge on any atom is 0.339 e. The van der Waals surface area contributed by atoms with Crippen LogP contribution in [-0.2, 0) is 9.53 Å². The van der Waals surface area contributed by atoms with E-state index in [2.05, 4.69) is 16.4 Å². The summed E-state index contributed by atoms with van der Waals surface area (Å²) in [5.41, 5.74) is 0.859. The molecule has 6 nitrogen and oxygen atoms in total. The van der Waals surface area contributed by atoms with Crippen molar-refractivity contribution in [3.63, 3.8) is 0 Å². The van der Waals surface area contributed by atoms with Gasteiger partial charge in [0, 0.05) is 10.9 Å². The van der Waals surface area contributed by atoms with Crippen LogP contribution in [0.4, 0.5) is 4.39 Å². The van der Waals surface area contributed by atoms with E-state index in [0.717, 1.165) is 0 Å². The Morgan fingerprint density at radius 1 is 1.19 bits per heavy atom. The number of nitrogens with zero attached hydrogens (tertiary/aromatic N) is 2. The maximum atomic E-state index is 13.3. The number of ether oxygens (including phenoxy) is 1. The predicted octanol–water partition coefficient (Wildman–Crippen LogP) is 4.25. The van der Waals surface area contributed by atoms with Crippen LogP contribution in [0.3, 0.4) is 0 Å². The van der Waals surface area contributed by atoms with Gasteiger partial charge in [-0.15, -0.1) is 0 Å². The van der Waals surface area contributed by atoms with Crippen molar-refractivity contribution < 1.29 is 18.7 Å². The fourth-order valence-electron chi connectivity index (χ4n) is 2.95. The van der Waals surface area contributed by atoms with Gasteiger partial charge in [-0.25, -0.2) is 14.2 Å². The number of hydrogen-bond donors (Lipinski definition) is 1. The summed E-state index contributed by atoms with van der Waals surface area (Å²) >= 11 is 0. The Hall–Kier alpha value is -3.79. The Labute approximate surface area is 179 Å². The van der Waals surface area contributed by atoms with Crippen molar-refractivity contribution >= 4 is 22.8 Å². The largest absolute Gasteiger partial charge is 0.452 e. The van der Waals surface area contributed by atoms with Gasteiger partial charge in [0.15, 0.2) is 6.61 Å². The van der Waals surface area contributed by atoms with Gasteiger partial charge in [-0.1, -0.05) is 32.0 Å². The van der Waals surface area contributed by atoms with Crippen LogP contribution in [0.1, 0.15) is 31.1 Å². The highest BCUT2D eigenvalue weighted by Crippen LogP contribution is 2.25. The molecule has 0 bridgehead atoms. The highest BCUT2D eigenvalue weighted by atomic mass is 19.1. The van der Waals surface area contributed by atoms with E-state index in [-0.39, 0.29) is 17.3 Å². The lowest BCUT2D eigenvalue weighted by Crippen LogP contribution is -2.50. The molecule has 1 atom stereocenters. The van der Waals surface area contributed by atoms with Gasteiger partial charge in [-0.2, -0.15) is 5.26 Å². The molecule has 0 aliphatic carbocycles. The molecule has 0 aliphatic heterocycles. The number of para-hydroxylation sites is 1. The normalized spacial score (nSPS) is 12.8. The standard InChI is InChI=1S/C24H22FN3O3/c1-15(2)24(3,14-26)28-22(29)13-31-23(30)19-12-21(16-8-10-17(25)11-9-16)27-20-7-5-4-6-18(19)20/h4-12,15H,13H2,1-3H3,(H,28,29)/t24-/m0/s1. The van der Waals surface area contributed by atoms with Crippen LogP contribution >= 0.6 is 0 Å². The van der Waals surface area contributed by atoms with Gasteiger partial charge in [0.2, 0.25) is 0 Å². The van der Waals surface area contributed by atoms with Crippen molar-refractivity contribution in [1.82, 2.24) is 10.3 Å². The molecule has 31 heavy (non-hydrogen) atoms. The minimum Gasteiger partial charge on any atom is -0.452 e. The monoisotopic (exact) mass is 419 g/mol. The van der Waals surface area contributed by atoms with Gasteiger partial charge in [0.25, 0.3) is 5.91 Å².